The average molecular weight is 297 g/mol. The highest BCUT2D eigenvalue weighted by Gasteiger charge is 2.04. The number of benzene rings is 2. The van der Waals surface area contributed by atoms with E-state index in [2.05, 4.69) is 5.32 Å². The van der Waals surface area contributed by atoms with Crippen LogP contribution in [0.5, 0.6) is 5.75 Å². The van der Waals surface area contributed by atoms with Gasteiger partial charge in [0.25, 0.3) is 0 Å². The van der Waals surface area contributed by atoms with E-state index in [4.69, 9.17) is 4.74 Å². The van der Waals surface area contributed by atoms with Gasteiger partial charge in [-0.2, -0.15) is 0 Å². The second-order valence-electron chi connectivity index (χ2n) is 5.09. The normalized spacial score (nSPS) is 10.1. The van der Waals surface area contributed by atoms with Gasteiger partial charge in [0, 0.05) is 11.3 Å². The monoisotopic (exact) mass is 297 g/mol. The van der Waals surface area contributed by atoms with Crippen LogP contribution in [-0.2, 0) is 4.79 Å². The fourth-order valence-electron chi connectivity index (χ4n) is 1.91. The van der Waals surface area contributed by atoms with Crippen LogP contribution in [0.25, 0.3) is 0 Å². The number of carbonyl (C=O) groups is 2. The zero-order valence-electron chi connectivity index (χ0n) is 12.8. The molecule has 2 aromatic rings. The number of nitrogens with one attached hydrogen (secondary N) is 1. The first-order valence-electron chi connectivity index (χ1n) is 7.15. The summed E-state index contributed by atoms with van der Waals surface area (Å²) in [5, 5.41) is 2.82. The van der Waals surface area contributed by atoms with Crippen molar-refractivity contribution in [3.8, 4) is 5.75 Å². The smallest absolute Gasteiger partial charge is 0.227 e. The number of hydrogen-bond donors (Lipinski definition) is 1. The minimum Gasteiger partial charge on any atom is -0.493 e. The quantitative estimate of drug-likeness (QED) is 0.829. The van der Waals surface area contributed by atoms with E-state index in [1.165, 1.54) is 6.92 Å². The van der Waals surface area contributed by atoms with Crippen LogP contribution in [0.3, 0.4) is 0 Å². The number of carbonyl (C=O) groups excluding carboxylic acids is 2. The molecule has 114 valence electrons. The fraction of sp³-hybridized carbons (Fsp3) is 0.222. The van der Waals surface area contributed by atoms with Crippen LogP contribution in [0.15, 0.2) is 48.5 Å². The molecule has 0 aliphatic carbocycles. The fourth-order valence-corrected chi connectivity index (χ4v) is 1.91. The molecule has 2 rings (SSSR count). The van der Waals surface area contributed by atoms with Gasteiger partial charge in [0.1, 0.15) is 5.75 Å². The highest BCUT2D eigenvalue weighted by atomic mass is 16.5. The summed E-state index contributed by atoms with van der Waals surface area (Å²) in [4.78, 5) is 23.0. The van der Waals surface area contributed by atoms with Crippen LogP contribution >= 0.6 is 0 Å². The number of Topliss-reactive ketones (excluding diaryl/α,β-unsaturated/α-hetero) is 1. The summed E-state index contributed by atoms with van der Waals surface area (Å²) < 4.78 is 5.50. The van der Waals surface area contributed by atoms with Gasteiger partial charge in [-0.1, -0.05) is 17.7 Å². The van der Waals surface area contributed by atoms with Gasteiger partial charge in [0.2, 0.25) is 5.91 Å². The van der Waals surface area contributed by atoms with Gasteiger partial charge in [0.15, 0.2) is 5.78 Å². The molecule has 4 nitrogen and oxygen atoms in total. The maximum absolute atomic E-state index is 11.8. The number of amides is 1. The second kappa shape index (κ2) is 7.41. The Balaban J connectivity index is 1.77. The summed E-state index contributed by atoms with van der Waals surface area (Å²) >= 11 is 0. The molecular weight excluding hydrogens is 278 g/mol. The van der Waals surface area contributed by atoms with Crippen LogP contribution in [-0.4, -0.2) is 18.3 Å². The highest BCUT2D eigenvalue weighted by Crippen LogP contribution is 2.13. The zero-order chi connectivity index (χ0) is 15.9. The van der Waals surface area contributed by atoms with Crippen LogP contribution in [0.2, 0.25) is 0 Å². The SMILES string of the molecule is CC(=O)c1ccc(OCCC(=O)Nc2ccc(C)cc2)cc1. The summed E-state index contributed by atoms with van der Waals surface area (Å²) in [6.07, 6.45) is 0.266. The molecule has 0 saturated carbocycles. The van der Waals surface area contributed by atoms with E-state index in [0.717, 1.165) is 11.3 Å². The van der Waals surface area contributed by atoms with Crippen LogP contribution in [0.1, 0.15) is 29.3 Å². The summed E-state index contributed by atoms with van der Waals surface area (Å²) in [6, 6.07) is 14.5. The molecule has 1 N–H and O–H groups in total. The van der Waals surface area contributed by atoms with E-state index >= 15 is 0 Å². The van der Waals surface area contributed by atoms with E-state index in [-0.39, 0.29) is 24.7 Å². The van der Waals surface area contributed by atoms with Crippen molar-refractivity contribution in [1.29, 1.82) is 0 Å². The molecule has 0 bridgehead atoms. The number of hydrogen-bond acceptors (Lipinski definition) is 3. The minimum atomic E-state index is -0.0933. The van der Waals surface area contributed by atoms with Crippen molar-refractivity contribution in [2.24, 2.45) is 0 Å². The predicted molar refractivity (Wildman–Crippen MR) is 86.4 cm³/mol. The number of rotatable bonds is 6. The Morgan fingerprint density at radius 1 is 1.00 bits per heavy atom. The number of anilines is 1. The first kappa shape index (κ1) is 15.8. The van der Waals surface area contributed by atoms with Gasteiger partial charge in [0.05, 0.1) is 13.0 Å². The number of ketones is 1. The molecule has 0 saturated heterocycles. The van der Waals surface area contributed by atoms with E-state index in [1.807, 2.05) is 31.2 Å². The molecule has 0 fully saturated rings. The Morgan fingerprint density at radius 2 is 1.64 bits per heavy atom. The van der Waals surface area contributed by atoms with Crippen molar-refractivity contribution >= 4 is 17.4 Å². The Kier molecular flexibility index (Phi) is 5.31. The van der Waals surface area contributed by atoms with Gasteiger partial charge in [-0.25, -0.2) is 0 Å². The lowest BCUT2D eigenvalue weighted by Crippen LogP contribution is -2.15. The van der Waals surface area contributed by atoms with Gasteiger partial charge in [-0.15, -0.1) is 0 Å². The van der Waals surface area contributed by atoms with Crippen molar-refractivity contribution in [2.45, 2.75) is 20.3 Å². The standard InChI is InChI=1S/C18H19NO3/c1-13-3-7-16(8-4-13)19-18(21)11-12-22-17-9-5-15(6-10-17)14(2)20/h3-10H,11-12H2,1-2H3,(H,19,21). The third-order valence-electron chi connectivity index (χ3n) is 3.19. The topological polar surface area (TPSA) is 55.4 Å². The second-order valence-corrected chi connectivity index (χ2v) is 5.09. The highest BCUT2D eigenvalue weighted by molar-refractivity contribution is 5.94. The molecular formula is C18H19NO3. The third kappa shape index (κ3) is 4.74. The van der Waals surface area contributed by atoms with Gasteiger partial charge < -0.3 is 10.1 Å². The number of ether oxygens (including phenoxy) is 1. The van der Waals surface area contributed by atoms with E-state index in [9.17, 15) is 9.59 Å². The average Bonchev–Trinajstić information content (AvgIpc) is 2.50. The molecule has 0 spiro atoms. The predicted octanol–water partition coefficient (Wildman–Crippen LogP) is 3.61. The summed E-state index contributed by atoms with van der Waals surface area (Å²) in [5.41, 5.74) is 2.57. The van der Waals surface area contributed by atoms with Gasteiger partial charge in [-0.05, 0) is 50.2 Å². The van der Waals surface area contributed by atoms with Crippen molar-refractivity contribution in [2.75, 3.05) is 11.9 Å². The lowest BCUT2D eigenvalue weighted by molar-refractivity contribution is -0.116. The molecule has 2 aromatic carbocycles. The van der Waals surface area contributed by atoms with E-state index in [1.54, 1.807) is 24.3 Å². The Morgan fingerprint density at radius 3 is 2.23 bits per heavy atom. The number of aryl methyl sites for hydroxylation is 1. The molecule has 0 radical (unpaired) electrons. The molecule has 0 aliphatic heterocycles. The van der Waals surface area contributed by atoms with Gasteiger partial charge in [-0.3, -0.25) is 9.59 Å². The molecule has 4 heteroatoms. The Bertz CT molecular complexity index is 645. The molecule has 0 aromatic heterocycles. The summed E-state index contributed by atoms with van der Waals surface area (Å²) in [7, 11) is 0. The van der Waals surface area contributed by atoms with Gasteiger partial charge >= 0.3 is 0 Å². The maximum Gasteiger partial charge on any atom is 0.227 e. The van der Waals surface area contributed by atoms with Crippen LogP contribution in [0, 0.1) is 6.92 Å². The molecule has 0 heterocycles. The minimum absolute atomic E-state index is 0.0176. The largest absolute Gasteiger partial charge is 0.493 e. The van der Waals surface area contributed by atoms with E-state index < -0.39 is 0 Å². The molecule has 22 heavy (non-hydrogen) atoms. The third-order valence-corrected chi connectivity index (χ3v) is 3.19. The van der Waals surface area contributed by atoms with Crippen molar-refractivity contribution in [1.82, 2.24) is 0 Å². The van der Waals surface area contributed by atoms with E-state index in [0.29, 0.717) is 11.3 Å². The lowest BCUT2D eigenvalue weighted by atomic mass is 10.1. The lowest BCUT2D eigenvalue weighted by Gasteiger charge is -2.08. The Hall–Kier alpha value is -2.62. The van der Waals surface area contributed by atoms with Crippen LogP contribution < -0.4 is 10.1 Å². The zero-order valence-corrected chi connectivity index (χ0v) is 12.8. The van der Waals surface area contributed by atoms with Crippen LogP contribution in [0.4, 0.5) is 5.69 Å². The molecule has 0 unspecified atom stereocenters. The molecule has 0 aliphatic rings. The Labute approximate surface area is 130 Å². The van der Waals surface area contributed by atoms with Crippen molar-refractivity contribution in [3.63, 3.8) is 0 Å². The van der Waals surface area contributed by atoms with Crippen molar-refractivity contribution < 1.29 is 14.3 Å². The molecule has 0 atom stereocenters. The van der Waals surface area contributed by atoms with Crippen molar-refractivity contribution in [3.05, 3.63) is 59.7 Å². The first-order chi connectivity index (χ1) is 10.5. The first-order valence-corrected chi connectivity index (χ1v) is 7.15. The summed E-state index contributed by atoms with van der Waals surface area (Å²) in [5.74, 6) is 0.571. The molecule has 1 amide bonds. The summed E-state index contributed by atoms with van der Waals surface area (Å²) in [6.45, 7) is 3.80. The maximum atomic E-state index is 11.8.